The molecule has 1 unspecified atom stereocenters. The molecule has 0 spiro atoms. The van der Waals surface area contributed by atoms with Crippen LogP contribution in [0.15, 0.2) is 12.1 Å². The van der Waals surface area contributed by atoms with Crippen LogP contribution in [0, 0.1) is 17.5 Å². The third kappa shape index (κ3) is 5.18. The number of anilines is 1. The minimum absolute atomic E-state index is 0.191. The first-order chi connectivity index (χ1) is 9.85. The summed E-state index contributed by atoms with van der Waals surface area (Å²) in [4.78, 5) is 22.5. The van der Waals surface area contributed by atoms with E-state index in [0.29, 0.717) is 17.9 Å². The number of nitrogens with one attached hydrogen (secondary N) is 2. The molecule has 0 radical (unpaired) electrons. The zero-order chi connectivity index (χ0) is 16.0. The molecule has 3 N–H and O–H groups in total. The van der Waals surface area contributed by atoms with Crippen LogP contribution in [-0.4, -0.2) is 35.2 Å². The van der Waals surface area contributed by atoms with E-state index in [0.717, 1.165) is 0 Å². The number of carboxylic acids is 1. The summed E-state index contributed by atoms with van der Waals surface area (Å²) in [6.07, 6.45) is 1.97. The number of benzene rings is 1. The molecule has 0 aromatic heterocycles. The van der Waals surface area contributed by atoms with Crippen LogP contribution >= 0.6 is 11.8 Å². The fourth-order valence-electron chi connectivity index (χ4n) is 1.45. The van der Waals surface area contributed by atoms with E-state index in [1.807, 2.05) is 5.32 Å². The molecule has 0 aliphatic carbocycles. The second-order valence-corrected chi connectivity index (χ2v) is 5.01. The summed E-state index contributed by atoms with van der Waals surface area (Å²) in [5.41, 5.74) is -0.321. The van der Waals surface area contributed by atoms with Crippen molar-refractivity contribution in [3.05, 3.63) is 29.6 Å². The average molecular weight is 322 g/mol. The van der Waals surface area contributed by atoms with E-state index in [2.05, 4.69) is 5.32 Å². The number of amides is 2. The van der Waals surface area contributed by atoms with Crippen molar-refractivity contribution in [3.8, 4) is 0 Å². The molecule has 0 aliphatic rings. The summed E-state index contributed by atoms with van der Waals surface area (Å²) in [6.45, 7) is 0. The predicted octanol–water partition coefficient (Wildman–Crippen LogP) is 2.43. The van der Waals surface area contributed by atoms with Crippen molar-refractivity contribution in [2.75, 3.05) is 17.3 Å². The Kier molecular flexibility index (Phi) is 6.35. The molecule has 0 saturated carbocycles. The number of thioether (sulfide) groups is 1. The van der Waals surface area contributed by atoms with Crippen LogP contribution in [0.3, 0.4) is 0 Å². The smallest absolute Gasteiger partial charge is 0.326 e. The van der Waals surface area contributed by atoms with Gasteiger partial charge in [-0.05, 0) is 18.4 Å². The first-order valence-corrected chi connectivity index (χ1v) is 7.18. The Hall–Kier alpha value is -1.90. The maximum absolute atomic E-state index is 13.0. The Labute approximate surface area is 122 Å². The topological polar surface area (TPSA) is 78.4 Å². The molecule has 116 valence electrons. The van der Waals surface area contributed by atoms with Gasteiger partial charge in [-0.15, -0.1) is 0 Å². The van der Waals surface area contributed by atoms with E-state index >= 15 is 0 Å². The van der Waals surface area contributed by atoms with Gasteiger partial charge in [0.05, 0.1) is 0 Å². The highest BCUT2D eigenvalue weighted by Gasteiger charge is 2.20. The van der Waals surface area contributed by atoms with Crippen LogP contribution in [0.25, 0.3) is 0 Å². The minimum Gasteiger partial charge on any atom is -0.480 e. The molecule has 2 amide bonds. The van der Waals surface area contributed by atoms with Gasteiger partial charge in [-0.1, -0.05) is 0 Å². The Morgan fingerprint density at radius 3 is 2.33 bits per heavy atom. The molecule has 9 heteroatoms. The molecule has 1 atom stereocenters. The zero-order valence-corrected chi connectivity index (χ0v) is 11.8. The van der Waals surface area contributed by atoms with Crippen LogP contribution in [0.1, 0.15) is 6.42 Å². The van der Waals surface area contributed by atoms with Crippen molar-refractivity contribution in [2.24, 2.45) is 0 Å². The van der Waals surface area contributed by atoms with Gasteiger partial charge in [-0.25, -0.2) is 22.8 Å². The van der Waals surface area contributed by atoms with Crippen LogP contribution in [0.2, 0.25) is 0 Å². The monoisotopic (exact) mass is 322 g/mol. The van der Waals surface area contributed by atoms with Gasteiger partial charge in [-0.3, -0.25) is 0 Å². The lowest BCUT2D eigenvalue weighted by Crippen LogP contribution is -2.43. The minimum atomic E-state index is -1.65. The molecule has 0 heterocycles. The molecule has 0 bridgehead atoms. The van der Waals surface area contributed by atoms with E-state index in [1.165, 1.54) is 11.8 Å². The number of hydrogen-bond acceptors (Lipinski definition) is 3. The molecule has 0 fully saturated rings. The van der Waals surface area contributed by atoms with Gasteiger partial charge in [0.1, 0.15) is 6.04 Å². The fraction of sp³-hybridized carbons (Fsp3) is 0.333. The largest absolute Gasteiger partial charge is 0.480 e. The lowest BCUT2D eigenvalue weighted by molar-refractivity contribution is -0.139. The van der Waals surface area contributed by atoms with Crippen molar-refractivity contribution in [2.45, 2.75) is 12.5 Å². The van der Waals surface area contributed by atoms with E-state index in [4.69, 9.17) is 5.11 Å². The Bertz CT molecular complexity index is 519. The van der Waals surface area contributed by atoms with Gasteiger partial charge in [-0.2, -0.15) is 11.8 Å². The molecule has 1 rings (SSSR count). The number of carboxylic acid groups (broad SMARTS) is 1. The second kappa shape index (κ2) is 7.77. The number of urea groups is 1. The molecule has 1 aromatic carbocycles. The van der Waals surface area contributed by atoms with Crippen LogP contribution in [-0.2, 0) is 4.79 Å². The summed E-state index contributed by atoms with van der Waals surface area (Å²) in [5, 5.41) is 13.1. The highest BCUT2D eigenvalue weighted by atomic mass is 32.2. The molecular formula is C12H13F3N2O3S. The van der Waals surface area contributed by atoms with Crippen molar-refractivity contribution in [1.82, 2.24) is 5.32 Å². The number of carbonyl (C=O) groups is 2. The number of hydrogen-bond donors (Lipinski definition) is 3. The molecule has 0 saturated heterocycles. The normalized spacial score (nSPS) is 11.8. The third-order valence-corrected chi connectivity index (χ3v) is 3.10. The van der Waals surface area contributed by atoms with E-state index < -0.39 is 35.5 Å². The number of aliphatic carboxylic acids is 1. The van der Waals surface area contributed by atoms with Crippen molar-refractivity contribution in [1.29, 1.82) is 0 Å². The van der Waals surface area contributed by atoms with Crippen LogP contribution in [0.4, 0.5) is 23.7 Å². The molecule has 5 nitrogen and oxygen atoms in total. The number of carbonyl (C=O) groups excluding carboxylic acids is 1. The summed E-state index contributed by atoms with van der Waals surface area (Å²) < 4.78 is 38.7. The quantitative estimate of drug-likeness (QED) is 0.703. The van der Waals surface area contributed by atoms with Gasteiger partial charge < -0.3 is 15.7 Å². The number of rotatable bonds is 6. The van der Waals surface area contributed by atoms with Gasteiger partial charge in [0.2, 0.25) is 0 Å². The molecular weight excluding hydrogens is 309 g/mol. The van der Waals surface area contributed by atoms with Crippen LogP contribution in [0.5, 0.6) is 0 Å². The van der Waals surface area contributed by atoms with Crippen LogP contribution < -0.4 is 10.6 Å². The lowest BCUT2D eigenvalue weighted by Gasteiger charge is -2.14. The summed E-state index contributed by atoms with van der Waals surface area (Å²) in [7, 11) is 0. The predicted molar refractivity (Wildman–Crippen MR) is 72.9 cm³/mol. The van der Waals surface area contributed by atoms with Crippen molar-refractivity contribution in [3.63, 3.8) is 0 Å². The molecule has 21 heavy (non-hydrogen) atoms. The first-order valence-electron chi connectivity index (χ1n) is 5.79. The second-order valence-electron chi connectivity index (χ2n) is 4.02. The van der Waals surface area contributed by atoms with E-state index in [9.17, 15) is 22.8 Å². The SMILES string of the molecule is CSCCC(NC(=O)Nc1cc(F)c(F)c(F)c1)C(=O)O. The standard InChI is InChI=1S/C12H13F3N2O3S/c1-21-3-2-9(11(18)19)17-12(20)16-6-4-7(13)10(15)8(14)5-6/h4-5,9H,2-3H2,1H3,(H,18,19)(H2,16,17,20). The highest BCUT2D eigenvalue weighted by Crippen LogP contribution is 2.17. The maximum Gasteiger partial charge on any atom is 0.326 e. The van der Waals surface area contributed by atoms with Crippen molar-refractivity contribution >= 4 is 29.4 Å². The Morgan fingerprint density at radius 2 is 1.86 bits per heavy atom. The van der Waals surface area contributed by atoms with Crippen molar-refractivity contribution < 1.29 is 27.9 Å². The Balaban J connectivity index is 2.70. The van der Waals surface area contributed by atoms with Gasteiger partial charge >= 0.3 is 12.0 Å². The molecule has 1 aromatic rings. The van der Waals surface area contributed by atoms with Gasteiger partial charge in [0.15, 0.2) is 17.5 Å². The zero-order valence-electron chi connectivity index (χ0n) is 11.0. The number of halogens is 3. The Morgan fingerprint density at radius 1 is 1.29 bits per heavy atom. The van der Waals surface area contributed by atoms with E-state index in [-0.39, 0.29) is 12.1 Å². The first kappa shape index (κ1) is 17.2. The van der Waals surface area contributed by atoms with E-state index in [1.54, 1.807) is 6.26 Å². The maximum atomic E-state index is 13.0. The highest BCUT2D eigenvalue weighted by molar-refractivity contribution is 7.98. The molecule has 0 aliphatic heterocycles. The summed E-state index contributed by atoms with van der Waals surface area (Å²) in [5.74, 6) is -5.28. The fourth-order valence-corrected chi connectivity index (χ4v) is 1.92. The lowest BCUT2D eigenvalue weighted by atomic mass is 10.2. The summed E-state index contributed by atoms with van der Waals surface area (Å²) in [6, 6.07) is -0.896. The van der Waals surface area contributed by atoms with Gasteiger partial charge in [0, 0.05) is 17.8 Å². The third-order valence-electron chi connectivity index (χ3n) is 2.46. The van der Waals surface area contributed by atoms with Gasteiger partial charge in [0.25, 0.3) is 0 Å². The average Bonchev–Trinajstić information content (AvgIpc) is 2.40. The summed E-state index contributed by atoms with van der Waals surface area (Å²) >= 11 is 1.41.